The Morgan fingerprint density at radius 3 is 2.58 bits per heavy atom. The number of amides is 1. The highest BCUT2D eigenvalue weighted by Gasteiger charge is 2.31. The molecule has 2 fully saturated rings. The molecular formula is C14H27N3O2. The van der Waals surface area contributed by atoms with Crippen molar-refractivity contribution in [2.24, 2.45) is 11.7 Å². The van der Waals surface area contributed by atoms with E-state index < -0.39 is 0 Å². The number of nitrogens with two attached hydrogens (primary N) is 1. The molecule has 0 bridgehead atoms. The average molecular weight is 269 g/mol. The van der Waals surface area contributed by atoms with Gasteiger partial charge < -0.3 is 15.4 Å². The molecule has 3 atom stereocenters. The number of ether oxygens (including phenoxy) is 1. The van der Waals surface area contributed by atoms with Gasteiger partial charge in [0.25, 0.3) is 0 Å². The SMILES string of the molecule is CC(N)C1CCCN(C(C)C(=O)N2CCOCC2)C1. The quantitative estimate of drug-likeness (QED) is 0.800. The minimum absolute atomic E-state index is 0.0281. The molecule has 2 N–H and O–H groups in total. The van der Waals surface area contributed by atoms with Crippen molar-refractivity contribution in [3.05, 3.63) is 0 Å². The summed E-state index contributed by atoms with van der Waals surface area (Å²) < 4.78 is 5.30. The Balaban J connectivity index is 1.90. The van der Waals surface area contributed by atoms with E-state index in [0.29, 0.717) is 19.1 Å². The highest BCUT2D eigenvalue weighted by molar-refractivity contribution is 5.81. The van der Waals surface area contributed by atoms with E-state index in [0.717, 1.165) is 32.6 Å². The number of morpholine rings is 1. The second-order valence-corrected chi connectivity index (χ2v) is 5.87. The van der Waals surface area contributed by atoms with Gasteiger partial charge in [-0.2, -0.15) is 0 Å². The number of hydrogen-bond acceptors (Lipinski definition) is 4. The molecule has 3 unspecified atom stereocenters. The maximum Gasteiger partial charge on any atom is 0.239 e. The van der Waals surface area contributed by atoms with Crippen LogP contribution in [0.15, 0.2) is 0 Å². The normalized spacial score (nSPS) is 29.0. The largest absolute Gasteiger partial charge is 0.378 e. The first-order valence-electron chi connectivity index (χ1n) is 7.45. The van der Waals surface area contributed by atoms with Crippen LogP contribution in [-0.2, 0) is 9.53 Å². The molecular weight excluding hydrogens is 242 g/mol. The number of carbonyl (C=O) groups excluding carboxylic acids is 1. The third-order valence-corrected chi connectivity index (χ3v) is 4.46. The van der Waals surface area contributed by atoms with Gasteiger partial charge in [0, 0.05) is 25.7 Å². The number of likely N-dealkylation sites (tertiary alicyclic amines) is 1. The molecule has 0 spiro atoms. The summed E-state index contributed by atoms with van der Waals surface area (Å²) in [6.45, 7) is 8.86. The van der Waals surface area contributed by atoms with E-state index >= 15 is 0 Å². The van der Waals surface area contributed by atoms with Gasteiger partial charge in [0.05, 0.1) is 19.3 Å². The van der Waals surface area contributed by atoms with Crippen molar-refractivity contribution in [1.29, 1.82) is 0 Å². The van der Waals surface area contributed by atoms with E-state index in [2.05, 4.69) is 11.8 Å². The minimum atomic E-state index is -0.0281. The van der Waals surface area contributed by atoms with Crippen LogP contribution in [0.1, 0.15) is 26.7 Å². The maximum absolute atomic E-state index is 12.5. The summed E-state index contributed by atoms with van der Waals surface area (Å²) in [5.74, 6) is 0.766. The van der Waals surface area contributed by atoms with Gasteiger partial charge in [-0.05, 0) is 39.2 Å². The zero-order valence-electron chi connectivity index (χ0n) is 12.2. The van der Waals surface area contributed by atoms with E-state index in [1.54, 1.807) is 0 Å². The molecule has 5 nitrogen and oxygen atoms in total. The maximum atomic E-state index is 12.5. The second kappa shape index (κ2) is 6.68. The molecule has 0 radical (unpaired) electrons. The van der Waals surface area contributed by atoms with Crippen LogP contribution in [0.4, 0.5) is 0 Å². The van der Waals surface area contributed by atoms with Gasteiger partial charge >= 0.3 is 0 Å². The lowest BCUT2D eigenvalue weighted by molar-refractivity contribution is -0.141. The molecule has 2 saturated heterocycles. The Hall–Kier alpha value is -0.650. The molecule has 19 heavy (non-hydrogen) atoms. The van der Waals surface area contributed by atoms with Crippen LogP contribution in [-0.4, -0.2) is 67.2 Å². The Bertz CT molecular complexity index is 303. The van der Waals surface area contributed by atoms with Crippen molar-refractivity contribution < 1.29 is 9.53 Å². The molecule has 2 rings (SSSR count). The molecule has 2 heterocycles. The Morgan fingerprint density at radius 2 is 1.95 bits per heavy atom. The summed E-state index contributed by atoms with van der Waals surface area (Å²) in [5, 5.41) is 0. The minimum Gasteiger partial charge on any atom is -0.378 e. The molecule has 0 aliphatic carbocycles. The topological polar surface area (TPSA) is 58.8 Å². The fourth-order valence-electron chi connectivity index (χ4n) is 3.03. The molecule has 2 aliphatic heterocycles. The van der Waals surface area contributed by atoms with Gasteiger partial charge in [-0.15, -0.1) is 0 Å². The van der Waals surface area contributed by atoms with Crippen LogP contribution in [0.2, 0.25) is 0 Å². The third-order valence-electron chi connectivity index (χ3n) is 4.46. The Kier molecular flexibility index (Phi) is 5.19. The van der Waals surface area contributed by atoms with E-state index in [-0.39, 0.29) is 18.0 Å². The highest BCUT2D eigenvalue weighted by Crippen LogP contribution is 2.21. The summed E-state index contributed by atoms with van der Waals surface area (Å²) in [7, 11) is 0. The van der Waals surface area contributed by atoms with Crippen LogP contribution in [0.25, 0.3) is 0 Å². The average Bonchev–Trinajstić information content (AvgIpc) is 2.46. The molecule has 1 amide bonds. The number of hydrogen-bond donors (Lipinski definition) is 1. The lowest BCUT2D eigenvalue weighted by atomic mass is 9.91. The molecule has 0 aromatic rings. The molecule has 2 aliphatic rings. The molecule has 110 valence electrons. The Labute approximate surface area is 116 Å². The molecule has 0 saturated carbocycles. The summed E-state index contributed by atoms with van der Waals surface area (Å²) in [4.78, 5) is 16.7. The van der Waals surface area contributed by atoms with Gasteiger partial charge in [-0.1, -0.05) is 0 Å². The van der Waals surface area contributed by atoms with Crippen molar-refractivity contribution in [2.45, 2.75) is 38.8 Å². The predicted octanol–water partition coefficient (Wildman–Crippen LogP) is 0.293. The van der Waals surface area contributed by atoms with Crippen molar-refractivity contribution >= 4 is 5.91 Å². The smallest absolute Gasteiger partial charge is 0.239 e. The lowest BCUT2D eigenvalue weighted by Gasteiger charge is -2.39. The van der Waals surface area contributed by atoms with Gasteiger partial charge in [0.1, 0.15) is 0 Å². The summed E-state index contributed by atoms with van der Waals surface area (Å²) in [6, 6.07) is 0.188. The first-order valence-corrected chi connectivity index (χ1v) is 7.45. The third kappa shape index (κ3) is 3.68. The van der Waals surface area contributed by atoms with E-state index in [4.69, 9.17) is 10.5 Å². The fraction of sp³-hybridized carbons (Fsp3) is 0.929. The molecule has 5 heteroatoms. The lowest BCUT2D eigenvalue weighted by Crippen LogP contribution is -2.54. The second-order valence-electron chi connectivity index (χ2n) is 5.87. The summed E-state index contributed by atoms with van der Waals surface area (Å²) in [5.41, 5.74) is 6.01. The van der Waals surface area contributed by atoms with E-state index in [9.17, 15) is 4.79 Å². The molecule has 0 aromatic heterocycles. The zero-order chi connectivity index (χ0) is 13.8. The van der Waals surface area contributed by atoms with Crippen molar-refractivity contribution in [3.8, 4) is 0 Å². The number of carbonyl (C=O) groups is 1. The first-order chi connectivity index (χ1) is 9.09. The highest BCUT2D eigenvalue weighted by atomic mass is 16.5. The number of rotatable bonds is 3. The summed E-state index contributed by atoms with van der Waals surface area (Å²) >= 11 is 0. The van der Waals surface area contributed by atoms with E-state index in [1.807, 2.05) is 11.8 Å². The zero-order valence-corrected chi connectivity index (χ0v) is 12.2. The monoisotopic (exact) mass is 269 g/mol. The van der Waals surface area contributed by atoms with Crippen molar-refractivity contribution in [1.82, 2.24) is 9.80 Å². The predicted molar refractivity (Wildman–Crippen MR) is 74.8 cm³/mol. The van der Waals surface area contributed by atoms with Crippen LogP contribution >= 0.6 is 0 Å². The van der Waals surface area contributed by atoms with Gasteiger partial charge in [0.2, 0.25) is 5.91 Å². The van der Waals surface area contributed by atoms with Crippen molar-refractivity contribution in [2.75, 3.05) is 39.4 Å². The van der Waals surface area contributed by atoms with Gasteiger partial charge in [-0.25, -0.2) is 0 Å². The van der Waals surface area contributed by atoms with Gasteiger partial charge in [-0.3, -0.25) is 9.69 Å². The summed E-state index contributed by atoms with van der Waals surface area (Å²) in [6.07, 6.45) is 2.33. The van der Waals surface area contributed by atoms with Crippen LogP contribution in [0.3, 0.4) is 0 Å². The van der Waals surface area contributed by atoms with E-state index in [1.165, 1.54) is 6.42 Å². The fourth-order valence-corrected chi connectivity index (χ4v) is 3.03. The van der Waals surface area contributed by atoms with Crippen LogP contribution in [0, 0.1) is 5.92 Å². The number of nitrogens with zero attached hydrogens (tertiary/aromatic N) is 2. The number of piperidine rings is 1. The Morgan fingerprint density at radius 1 is 1.26 bits per heavy atom. The van der Waals surface area contributed by atoms with Crippen molar-refractivity contribution in [3.63, 3.8) is 0 Å². The van der Waals surface area contributed by atoms with Crippen LogP contribution < -0.4 is 5.73 Å². The standard InChI is InChI=1S/C14H27N3O2/c1-11(15)13-4-3-5-17(10-13)12(2)14(18)16-6-8-19-9-7-16/h11-13H,3-10,15H2,1-2H3. The molecule has 0 aromatic carbocycles. The van der Waals surface area contributed by atoms with Crippen LogP contribution in [0.5, 0.6) is 0 Å². The van der Waals surface area contributed by atoms with Gasteiger partial charge in [0.15, 0.2) is 0 Å². The first kappa shape index (κ1) is 14.8.